The minimum Gasteiger partial charge on any atom is -0.461 e. The Morgan fingerprint density at radius 2 is 1.84 bits per heavy atom. The van der Waals surface area contributed by atoms with Crippen LogP contribution in [0.1, 0.15) is 29.8 Å². The maximum absolute atomic E-state index is 11.5. The number of rotatable bonds is 5. The zero-order valence-electron chi connectivity index (χ0n) is 10.6. The third-order valence-electron chi connectivity index (χ3n) is 2.19. The van der Waals surface area contributed by atoms with Crippen molar-refractivity contribution in [1.82, 2.24) is 0 Å². The largest absolute Gasteiger partial charge is 0.461 e. The van der Waals surface area contributed by atoms with Gasteiger partial charge in [-0.25, -0.2) is 0 Å². The molecule has 0 amide bonds. The second-order valence-electron chi connectivity index (χ2n) is 3.75. The van der Waals surface area contributed by atoms with Crippen LogP contribution in [0, 0.1) is 0 Å². The predicted molar refractivity (Wildman–Crippen MR) is 68.3 cm³/mol. The molecule has 0 aliphatic heterocycles. The van der Waals surface area contributed by atoms with E-state index >= 15 is 0 Å². The topological polar surface area (TPSA) is 69.7 Å². The Kier molecular flexibility index (Phi) is 5.51. The number of benzene rings is 1. The predicted octanol–water partition coefficient (Wildman–Crippen LogP) is 2.10. The normalized spacial score (nSPS) is 9.84. The van der Waals surface area contributed by atoms with E-state index in [4.69, 9.17) is 21.1 Å². The molecule has 0 aliphatic rings. The molecule has 0 heterocycles. The molecule has 0 aromatic heterocycles. The Labute approximate surface area is 115 Å². The molecule has 0 saturated carbocycles. The lowest BCUT2D eigenvalue weighted by molar-refractivity contribution is -0.142. The van der Waals surface area contributed by atoms with Crippen LogP contribution in [0.3, 0.4) is 0 Å². The lowest BCUT2D eigenvalue weighted by Gasteiger charge is -2.10. The van der Waals surface area contributed by atoms with Crippen LogP contribution in [-0.2, 0) is 20.9 Å². The van der Waals surface area contributed by atoms with E-state index in [1.54, 1.807) is 0 Å². The van der Waals surface area contributed by atoms with Gasteiger partial charge in [-0.2, -0.15) is 0 Å². The van der Waals surface area contributed by atoms with Crippen LogP contribution in [0.4, 0.5) is 0 Å². The standard InChI is InChI=1S/C13H13ClO5/c1-8(15)18-7-11-5-10(12(17)6-14)3-4-13(11)19-9(2)16/h3-5H,6-7H2,1-2H3. The number of carbonyl (C=O) groups is 3. The van der Waals surface area contributed by atoms with Gasteiger partial charge in [-0.05, 0) is 18.2 Å². The smallest absolute Gasteiger partial charge is 0.308 e. The number of Topliss-reactive ketones (excluding diaryl/α,β-unsaturated/α-hetero) is 1. The Morgan fingerprint density at radius 1 is 1.16 bits per heavy atom. The highest BCUT2D eigenvalue weighted by molar-refractivity contribution is 6.30. The summed E-state index contributed by atoms with van der Waals surface area (Å²) < 4.78 is 9.82. The fourth-order valence-corrected chi connectivity index (χ4v) is 1.53. The van der Waals surface area contributed by atoms with Crippen molar-refractivity contribution in [2.24, 2.45) is 0 Å². The summed E-state index contributed by atoms with van der Waals surface area (Å²) in [5, 5.41) is 0. The van der Waals surface area contributed by atoms with E-state index in [0.29, 0.717) is 11.1 Å². The average Bonchev–Trinajstić information content (AvgIpc) is 2.35. The molecular weight excluding hydrogens is 272 g/mol. The van der Waals surface area contributed by atoms with Gasteiger partial charge in [0.25, 0.3) is 0 Å². The fraction of sp³-hybridized carbons (Fsp3) is 0.308. The molecular formula is C13H13ClO5. The highest BCUT2D eigenvalue weighted by Crippen LogP contribution is 2.22. The molecule has 0 fully saturated rings. The fourth-order valence-electron chi connectivity index (χ4n) is 1.38. The second-order valence-corrected chi connectivity index (χ2v) is 4.02. The summed E-state index contributed by atoms with van der Waals surface area (Å²) in [5.74, 6) is -1.14. The summed E-state index contributed by atoms with van der Waals surface area (Å²) >= 11 is 5.47. The first-order valence-corrected chi connectivity index (χ1v) is 6.01. The molecule has 0 bridgehead atoms. The highest BCUT2D eigenvalue weighted by Gasteiger charge is 2.12. The Hall–Kier alpha value is -1.88. The van der Waals surface area contributed by atoms with Crippen molar-refractivity contribution in [2.75, 3.05) is 5.88 Å². The van der Waals surface area contributed by atoms with Gasteiger partial charge in [0.1, 0.15) is 12.4 Å². The summed E-state index contributed by atoms with van der Waals surface area (Å²) in [5.41, 5.74) is 0.800. The summed E-state index contributed by atoms with van der Waals surface area (Å²) in [6.07, 6.45) is 0. The molecule has 0 unspecified atom stereocenters. The summed E-state index contributed by atoms with van der Waals surface area (Å²) in [6, 6.07) is 4.46. The molecule has 0 saturated heterocycles. The SMILES string of the molecule is CC(=O)OCc1cc(C(=O)CCl)ccc1OC(C)=O. The van der Waals surface area contributed by atoms with Gasteiger partial charge in [0.15, 0.2) is 5.78 Å². The number of hydrogen-bond donors (Lipinski definition) is 0. The van der Waals surface area contributed by atoms with Gasteiger partial charge in [0.2, 0.25) is 0 Å². The molecule has 0 N–H and O–H groups in total. The van der Waals surface area contributed by atoms with Crippen molar-refractivity contribution in [3.63, 3.8) is 0 Å². The first kappa shape index (κ1) is 15.2. The van der Waals surface area contributed by atoms with Crippen molar-refractivity contribution in [3.8, 4) is 5.75 Å². The van der Waals surface area contributed by atoms with Gasteiger partial charge < -0.3 is 9.47 Å². The van der Waals surface area contributed by atoms with Crippen molar-refractivity contribution in [1.29, 1.82) is 0 Å². The van der Waals surface area contributed by atoms with Gasteiger partial charge in [-0.1, -0.05) is 0 Å². The summed E-state index contributed by atoms with van der Waals surface area (Å²) in [6.45, 7) is 2.44. The number of halogens is 1. The van der Waals surface area contributed by atoms with Crippen LogP contribution >= 0.6 is 11.6 Å². The molecule has 0 atom stereocenters. The van der Waals surface area contributed by atoms with Crippen molar-refractivity contribution in [2.45, 2.75) is 20.5 Å². The van der Waals surface area contributed by atoms with Gasteiger partial charge in [-0.15, -0.1) is 11.6 Å². The number of esters is 2. The van der Waals surface area contributed by atoms with Crippen LogP contribution in [0.2, 0.25) is 0 Å². The zero-order valence-corrected chi connectivity index (χ0v) is 11.3. The van der Waals surface area contributed by atoms with Gasteiger partial charge >= 0.3 is 11.9 Å². The molecule has 1 aromatic rings. The van der Waals surface area contributed by atoms with Gasteiger partial charge in [0.05, 0.1) is 5.88 Å². The van der Waals surface area contributed by atoms with Crippen molar-refractivity contribution < 1.29 is 23.9 Å². The summed E-state index contributed by atoms with van der Waals surface area (Å²) in [4.78, 5) is 33.3. The van der Waals surface area contributed by atoms with E-state index in [0.717, 1.165) is 0 Å². The van der Waals surface area contributed by atoms with E-state index in [-0.39, 0.29) is 24.0 Å². The lowest BCUT2D eigenvalue weighted by Crippen LogP contribution is -2.08. The molecule has 102 valence electrons. The van der Waals surface area contributed by atoms with Gasteiger partial charge in [0, 0.05) is 25.0 Å². The molecule has 0 radical (unpaired) electrons. The minimum absolute atomic E-state index is 0.0820. The first-order chi connectivity index (χ1) is 8.93. The zero-order chi connectivity index (χ0) is 14.4. The third kappa shape index (κ3) is 4.71. The van der Waals surface area contributed by atoms with Crippen LogP contribution in [0.25, 0.3) is 0 Å². The highest BCUT2D eigenvalue weighted by atomic mass is 35.5. The van der Waals surface area contributed by atoms with E-state index in [1.165, 1.54) is 32.0 Å². The summed E-state index contributed by atoms with van der Waals surface area (Å²) in [7, 11) is 0. The molecule has 0 aliphatic carbocycles. The van der Waals surface area contributed by atoms with E-state index in [2.05, 4.69) is 0 Å². The number of alkyl halides is 1. The second kappa shape index (κ2) is 6.89. The minimum atomic E-state index is -0.500. The van der Waals surface area contributed by atoms with Crippen LogP contribution in [0.15, 0.2) is 18.2 Å². The maximum Gasteiger partial charge on any atom is 0.308 e. The molecule has 1 rings (SSSR count). The van der Waals surface area contributed by atoms with E-state index in [1.807, 2.05) is 0 Å². The van der Waals surface area contributed by atoms with Crippen LogP contribution in [-0.4, -0.2) is 23.6 Å². The van der Waals surface area contributed by atoms with Crippen LogP contribution < -0.4 is 4.74 Å². The molecule has 6 heteroatoms. The van der Waals surface area contributed by atoms with E-state index < -0.39 is 11.9 Å². The number of carbonyl (C=O) groups excluding carboxylic acids is 3. The lowest BCUT2D eigenvalue weighted by atomic mass is 10.1. The monoisotopic (exact) mass is 284 g/mol. The quantitative estimate of drug-likeness (QED) is 0.358. The Bertz CT molecular complexity index is 510. The average molecular weight is 285 g/mol. The number of hydrogen-bond acceptors (Lipinski definition) is 5. The number of ketones is 1. The molecule has 0 spiro atoms. The maximum atomic E-state index is 11.5. The van der Waals surface area contributed by atoms with Crippen LogP contribution in [0.5, 0.6) is 5.75 Å². The first-order valence-electron chi connectivity index (χ1n) is 5.48. The van der Waals surface area contributed by atoms with E-state index in [9.17, 15) is 14.4 Å². The Balaban J connectivity index is 3.06. The number of ether oxygens (including phenoxy) is 2. The molecule has 5 nitrogen and oxygen atoms in total. The third-order valence-corrected chi connectivity index (χ3v) is 2.43. The Morgan fingerprint density at radius 3 is 2.37 bits per heavy atom. The van der Waals surface area contributed by atoms with Crippen molar-refractivity contribution >= 4 is 29.3 Å². The van der Waals surface area contributed by atoms with Crippen molar-refractivity contribution in [3.05, 3.63) is 29.3 Å². The van der Waals surface area contributed by atoms with Gasteiger partial charge in [-0.3, -0.25) is 14.4 Å². The molecule has 1 aromatic carbocycles. The molecule has 19 heavy (non-hydrogen) atoms.